The van der Waals surface area contributed by atoms with E-state index in [9.17, 15) is 0 Å². The maximum absolute atomic E-state index is 8.99. The Bertz CT molecular complexity index is 633. The van der Waals surface area contributed by atoms with E-state index in [0.717, 1.165) is 31.1 Å². The molecule has 26 heavy (non-hydrogen) atoms. The Kier molecular flexibility index (Phi) is 9.37. The zero-order valence-electron chi connectivity index (χ0n) is 16.2. The second-order valence-electron chi connectivity index (χ2n) is 7.68. The Morgan fingerprint density at radius 3 is 2.77 bits per heavy atom. The maximum Gasteiger partial charge on any atom is 0.191 e. The van der Waals surface area contributed by atoms with Crippen LogP contribution >= 0.6 is 24.0 Å². The fraction of sp³-hybridized carbons (Fsp3) is 0.600. The summed E-state index contributed by atoms with van der Waals surface area (Å²) in [6.07, 6.45) is 2.56. The predicted molar refractivity (Wildman–Crippen MR) is 117 cm³/mol. The topological polar surface area (TPSA) is 69.4 Å². The third-order valence-electron chi connectivity index (χ3n) is 4.57. The Balaban J connectivity index is 0.00000338. The van der Waals surface area contributed by atoms with Crippen LogP contribution in [-0.4, -0.2) is 32.3 Å². The van der Waals surface area contributed by atoms with Crippen LogP contribution in [0.1, 0.15) is 44.7 Å². The first-order valence-electron chi connectivity index (χ1n) is 8.99. The van der Waals surface area contributed by atoms with Crippen molar-refractivity contribution in [3.8, 4) is 6.07 Å². The molecule has 144 valence electrons. The number of hydrogen-bond donors (Lipinski definition) is 2. The fourth-order valence-corrected chi connectivity index (χ4v) is 3.39. The number of nitriles is 1. The monoisotopic (exact) mass is 470 g/mol. The molecule has 2 rings (SSSR count). The molecule has 0 aromatic heterocycles. The van der Waals surface area contributed by atoms with Crippen LogP contribution in [0.2, 0.25) is 0 Å². The number of aliphatic imine (C=N–C) groups is 1. The Morgan fingerprint density at radius 2 is 2.12 bits per heavy atom. The van der Waals surface area contributed by atoms with Crippen molar-refractivity contribution in [1.29, 1.82) is 5.26 Å². The molecule has 0 spiro atoms. The summed E-state index contributed by atoms with van der Waals surface area (Å²) < 4.78 is 6.04. The molecule has 6 heteroatoms. The first-order valence-corrected chi connectivity index (χ1v) is 8.99. The summed E-state index contributed by atoms with van der Waals surface area (Å²) in [5, 5.41) is 15.7. The summed E-state index contributed by atoms with van der Waals surface area (Å²) in [5.74, 6) is 1.26. The summed E-state index contributed by atoms with van der Waals surface area (Å²) in [6, 6.07) is 9.78. The van der Waals surface area contributed by atoms with Gasteiger partial charge in [-0.25, -0.2) is 0 Å². The molecular weight excluding hydrogens is 439 g/mol. The van der Waals surface area contributed by atoms with Gasteiger partial charge in [-0.2, -0.15) is 5.26 Å². The van der Waals surface area contributed by atoms with Crippen LogP contribution < -0.4 is 10.6 Å². The molecule has 1 aliphatic rings. The molecule has 0 bridgehead atoms. The van der Waals surface area contributed by atoms with Gasteiger partial charge >= 0.3 is 0 Å². The highest BCUT2D eigenvalue weighted by molar-refractivity contribution is 14.0. The van der Waals surface area contributed by atoms with E-state index in [1.54, 1.807) is 7.05 Å². The minimum absolute atomic E-state index is 0. The van der Waals surface area contributed by atoms with Crippen molar-refractivity contribution < 1.29 is 4.74 Å². The number of nitrogens with one attached hydrogen (secondary N) is 2. The van der Waals surface area contributed by atoms with Crippen molar-refractivity contribution in [2.45, 2.75) is 46.3 Å². The van der Waals surface area contributed by atoms with E-state index in [2.05, 4.69) is 42.5 Å². The van der Waals surface area contributed by atoms with Gasteiger partial charge in [0, 0.05) is 32.7 Å². The van der Waals surface area contributed by atoms with Crippen molar-refractivity contribution in [3.05, 3.63) is 35.4 Å². The van der Waals surface area contributed by atoms with Gasteiger partial charge in [-0.05, 0) is 36.0 Å². The Morgan fingerprint density at radius 1 is 1.35 bits per heavy atom. The minimum atomic E-state index is 0. The highest BCUT2D eigenvalue weighted by Crippen LogP contribution is 2.33. The molecule has 1 aromatic carbocycles. The van der Waals surface area contributed by atoms with Crippen LogP contribution in [0.3, 0.4) is 0 Å². The average molecular weight is 470 g/mol. The molecule has 0 saturated carbocycles. The lowest BCUT2D eigenvalue weighted by molar-refractivity contribution is -0.0835. The lowest BCUT2D eigenvalue weighted by atomic mass is 9.78. The molecule has 5 nitrogen and oxygen atoms in total. The van der Waals surface area contributed by atoms with E-state index < -0.39 is 0 Å². The smallest absolute Gasteiger partial charge is 0.191 e. The Labute approximate surface area is 174 Å². The molecule has 2 unspecified atom stereocenters. The van der Waals surface area contributed by atoms with Gasteiger partial charge in [-0.15, -0.1) is 24.0 Å². The average Bonchev–Trinajstić information content (AvgIpc) is 2.61. The van der Waals surface area contributed by atoms with Gasteiger partial charge in [0.05, 0.1) is 17.7 Å². The largest absolute Gasteiger partial charge is 0.377 e. The summed E-state index contributed by atoms with van der Waals surface area (Å²) in [6.45, 7) is 9.07. The van der Waals surface area contributed by atoms with Crippen molar-refractivity contribution in [2.24, 2.45) is 16.3 Å². The molecule has 0 aliphatic carbocycles. The maximum atomic E-state index is 8.99. The molecule has 1 aliphatic heterocycles. The number of nitrogens with zero attached hydrogens (tertiary/aromatic N) is 2. The van der Waals surface area contributed by atoms with Gasteiger partial charge in [0.15, 0.2) is 5.96 Å². The summed E-state index contributed by atoms with van der Waals surface area (Å²) in [7, 11) is 1.78. The normalized spacial score (nSPS) is 20.7. The van der Waals surface area contributed by atoms with E-state index in [0.29, 0.717) is 18.0 Å². The van der Waals surface area contributed by atoms with Crippen LogP contribution in [0.15, 0.2) is 29.3 Å². The fourth-order valence-electron chi connectivity index (χ4n) is 3.39. The van der Waals surface area contributed by atoms with Gasteiger partial charge < -0.3 is 15.4 Å². The molecule has 0 amide bonds. The van der Waals surface area contributed by atoms with Crippen molar-refractivity contribution in [2.75, 3.05) is 20.2 Å². The summed E-state index contributed by atoms with van der Waals surface area (Å²) in [5.41, 5.74) is 1.88. The third-order valence-corrected chi connectivity index (χ3v) is 4.57. The van der Waals surface area contributed by atoms with Gasteiger partial charge in [0.2, 0.25) is 0 Å². The number of hydrogen-bond acceptors (Lipinski definition) is 3. The highest BCUT2D eigenvalue weighted by Gasteiger charge is 2.35. The number of rotatable bonds is 4. The van der Waals surface area contributed by atoms with Crippen LogP contribution in [0.25, 0.3) is 0 Å². The number of guanidine groups is 1. The summed E-state index contributed by atoms with van der Waals surface area (Å²) in [4.78, 5) is 4.31. The molecule has 2 N–H and O–H groups in total. The van der Waals surface area contributed by atoms with Crippen LogP contribution in [0.4, 0.5) is 0 Å². The van der Waals surface area contributed by atoms with Crippen molar-refractivity contribution in [1.82, 2.24) is 10.6 Å². The molecule has 1 saturated heterocycles. The zero-order chi connectivity index (χ0) is 18.3. The quantitative estimate of drug-likeness (QED) is 0.400. The lowest BCUT2D eigenvalue weighted by Crippen LogP contribution is -2.47. The van der Waals surface area contributed by atoms with Crippen LogP contribution in [-0.2, 0) is 11.3 Å². The zero-order valence-corrected chi connectivity index (χ0v) is 18.5. The highest BCUT2D eigenvalue weighted by atomic mass is 127. The van der Waals surface area contributed by atoms with Crippen LogP contribution in [0, 0.1) is 22.7 Å². The van der Waals surface area contributed by atoms with Gasteiger partial charge in [-0.3, -0.25) is 4.99 Å². The second-order valence-corrected chi connectivity index (χ2v) is 7.68. The third kappa shape index (κ3) is 6.76. The van der Waals surface area contributed by atoms with Crippen molar-refractivity contribution in [3.63, 3.8) is 0 Å². The van der Waals surface area contributed by atoms with E-state index in [4.69, 9.17) is 10.00 Å². The van der Waals surface area contributed by atoms with Crippen molar-refractivity contribution >= 4 is 29.9 Å². The number of halogens is 1. The minimum Gasteiger partial charge on any atom is -0.377 e. The molecule has 2 atom stereocenters. The van der Waals surface area contributed by atoms with Gasteiger partial charge in [0.1, 0.15) is 0 Å². The van der Waals surface area contributed by atoms with Crippen LogP contribution in [0.5, 0.6) is 0 Å². The van der Waals surface area contributed by atoms with E-state index in [1.165, 1.54) is 6.42 Å². The second kappa shape index (κ2) is 10.7. The van der Waals surface area contributed by atoms with E-state index in [1.807, 2.05) is 24.3 Å². The molecule has 0 radical (unpaired) electrons. The number of ether oxygens (including phenoxy) is 1. The lowest BCUT2D eigenvalue weighted by Gasteiger charge is -2.40. The summed E-state index contributed by atoms with van der Waals surface area (Å²) >= 11 is 0. The van der Waals surface area contributed by atoms with E-state index >= 15 is 0 Å². The van der Waals surface area contributed by atoms with Gasteiger partial charge in [-0.1, -0.05) is 32.9 Å². The standard InChI is InChI=1S/C20H30N4O.HI/c1-20(2,3)18-17(9-6-10-25-18)14-24-19(22-4)23-13-16-8-5-7-15(11-16)12-21;/h5,7-8,11,17-18H,6,9-10,13-14H2,1-4H3,(H2,22,23,24);1H. The predicted octanol–water partition coefficient (Wildman–Crippen LogP) is 3.68. The molecule has 1 heterocycles. The first-order chi connectivity index (χ1) is 11.9. The molecule has 1 aromatic rings. The Hall–Kier alpha value is -1.33. The molecule has 1 fully saturated rings. The van der Waals surface area contributed by atoms with Gasteiger partial charge in [0.25, 0.3) is 0 Å². The first kappa shape index (κ1) is 22.7. The van der Waals surface area contributed by atoms with E-state index in [-0.39, 0.29) is 35.5 Å². The molecular formula is C20H31IN4O. The number of benzene rings is 1. The SMILES string of the molecule is CN=C(NCc1cccc(C#N)c1)NCC1CCCOC1C(C)(C)C.I.